The van der Waals surface area contributed by atoms with E-state index in [1.165, 1.54) is 18.2 Å². The minimum atomic E-state index is -0.525. The maximum atomic E-state index is 11.3. The van der Waals surface area contributed by atoms with E-state index in [4.69, 9.17) is 18.9 Å². The number of nitriles is 1. The first-order valence-corrected chi connectivity index (χ1v) is 7.25. The fourth-order valence-corrected chi connectivity index (χ4v) is 2.62. The summed E-state index contributed by atoms with van der Waals surface area (Å²) < 4.78 is 21.0. The van der Waals surface area contributed by atoms with Crippen molar-refractivity contribution in [2.45, 2.75) is 0 Å². The fraction of sp³-hybridized carbons (Fsp3) is 0.118. The Hall–Kier alpha value is -3.73. The molecule has 0 unspecified atom stereocenters. The van der Waals surface area contributed by atoms with Crippen molar-refractivity contribution >= 4 is 17.3 Å². The predicted octanol–water partition coefficient (Wildman–Crippen LogP) is 3.12. The smallest absolute Gasteiger partial charge is 0.280 e. The van der Waals surface area contributed by atoms with E-state index in [1.807, 2.05) is 0 Å². The number of allylic oxidation sites excluding steroid dienone is 1. The molecule has 8 nitrogen and oxygen atoms in total. The first kappa shape index (κ1) is 14.8. The van der Waals surface area contributed by atoms with Gasteiger partial charge in [0.15, 0.2) is 23.0 Å². The van der Waals surface area contributed by atoms with Crippen LogP contribution in [0.4, 0.5) is 5.69 Å². The Morgan fingerprint density at radius 1 is 1.04 bits per heavy atom. The molecule has 124 valence electrons. The number of rotatable bonds is 3. The summed E-state index contributed by atoms with van der Waals surface area (Å²) in [6.07, 6.45) is 1.44. The summed E-state index contributed by atoms with van der Waals surface area (Å²) in [5, 5.41) is 20.8. The minimum Gasteiger partial charge on any atom is -0.454 e. The molecule has 0 amide bonds. The molecule has 0 saturated heterocycles. The lowest BCUT2D eigenvalue weighted by atomic mass is 10.0. The third-order valence-corrected chi connectivity index (χ3v) is 3.82. The molecule has 25 heavy (non-hydrogen) atoms. The number of nitrogens with zero attached hydrogens (tertiary/aromatic N) is 2. The Balaban J connectivity index is 1.81. The normalized spacial score (nSPS) is 14.3. The number of nitro benzene ring substituents is 1. The summed E-state index contributed by atoms with van der Waals surface area (Å²) in [7, 11) is 0. The van der Waals surface area contributed by atoms with Gasteiger partial charge in [0.2, 0.25) is 13.6 Å². The Morgan fingerprint density at radius 2 is 1.68 bits per heavy atom. The van der Waals surface area contributed by atoms with Crippen LogP contribution in [-0.4, -0.2) is 18.5 Å². The average molecular weight is 338 g/mol. The highest BCUT2D eigenvalue weighted by molar-refractivity contribution is 5.92. The van der Waals surface area contributed by atoms with Crippen LogP contribution in [0.2, 0.25) is 0 Å². The van der Waals surface area contributed by atoms with Crippen LogP contribution >= 0.6 is 0 Å². The third-order valence-electron chi connectivity index (χ3n) is 3.82. The van der Waals surface area contributed by atoms with Crippen molar-refractivity contribution in [3.05, 3.63) is 51.6 Å². The molecule has 0 fully saturated rings. The van der Waals surface area contributed by atoms with Gasteiger partial charge >= 0.3 is 0 Å². The van der Waals surface area contributed by atoms with Gasteiger partial charge in [0, 0.05) is 0 Å². The lowest BCUT2D eigenvalue weighted by Gasteiger charge is -2.04. The van der Waals surface area contributed by atoms with Crippen molar-refractivity contribution in [1.29, 1.82) is 5.26 Å². The Morgan fingerprint density at radius 3 is 2.36 bits per heavy atom. The van der Waals surface area contributed by atoms with Crippen LogP contribution in [0.1, 0.15) is 11.1 Å². The summed E-state index contributed by atoms with van der Waals surface area (Å²) in [4.78, 5) is 10.8. The van der Waals surface area contributed by atoms with E-state index in [1.54, 1.807) is 18.2 Å². The van der Waals surface area contributed by atoms with Gasteiger partial charge in [0.05, 0.1) is 28.2 Å². The molecule has 0 spiro atoms. The summed E-state index contributed by atoms with van der Waals surface area (Å²) in [6.45, 7) is 0.130. The molecular weight excluding hydrogens is 328 g/mol. The number of ether oxygens (including phenoxy) is 4. The van der Waals surface area contributed by atoms with Crippen LogP contribution in [0, 0.1) is 21.4 Å². The molecule has 4 rings (SSSR count). The van der Waals surface area contributed by atoms with Gasteiger partial charge in [-0.2, -0.15) is 5.26 Å². The van der Waals surface area contributed by atoms with E-state index in [9.17, 15) is 15.4 Å². The van der Waals surface area contributed by atoms with Gasteiger partial charge in [0.1, 0.15) is 0 Å². The molecule has 0 aromatic heterocycles. The van der Waals surface area contributed by atoms with Gasteiger partial charge in [-0.15, -0.1) is 0 Å². The second kappa shape index (κ2) is 5.72. The minimum absolute atomic E-state index is 0.00687. The zero-order chi connectivity index (χ0) is 17.4. The second-order valence-electron chi connectivity index (χ2n) is 5.26. The number of hydrogen-bond donors (Lipinski definition) is 0. The molecule has 2 heterocycles. The van der Waals surface area contributed by atoms with Crippen molar-refractivity contribution in [3.63, 3.8) is 0 Å². The van der Waals surface area contributed by atoms with Gasteiger partial charge < -0.3 is 18.9 Å². The molecule has 0 bridgehead atoms. The monoisotopic (exact) mass is 338 g/mol. The highest BCUT2D eigenvalue weighted by Gasteiger charge is 2.23. The lowest BCUT2D eigenvalue weighted by Crippen LogP contribution is -1.93. The SMILES string of the molecule is N#C/C(=C\c1cc2c(cc1[N+](=O)[O-])OCO2)c1ccc2c(c1)OCO2. The van der Waals surface area contributed by atoms with Gasteiger partial charge in [-0.05, 0) is 35.9 Å². The molecular formula is C17H10N2O6. The van der Waals surface area contributed by atoms with Crippen molar-refractivity contribution in [1.82, 2.24) is 0 Å². The van der Waals surface area contributed by atoms with Crippen molar-refractivity contribution in [2.75, 3.05) is 13.6 Å². The van der Waals surface area contributed by atoms with Crippen LogP contribution in [0.15, 0.2) is 30.3 Å². The maximum Gasteiger partial charge on any atom is 0.280 e. The van der Waals surface area contributed by atoms with Gasteiger partial charge in [-0.1, -0.05) is 0 Å². The van der Waals surface area contributed by atoms with Crippen LogP contribution in [0.5, 0.6) is 23.0 Å². The highest BCUT2D eigenvalue weighted by atomic mass is 16.7. The molecule has 0 aliphatic carbocycles. The van der Waals surface area contributed by atoms with Crippen LogP contribution in [0.25, 0.3) is 11.6 Å². The predicted molar refractivity (Wildman–Crippen MR) is 85.3 cm³/mol. The molecule has 0 atom stereocenters. The maximum absolute atomic E-state index is 11.3. The third kappa shape index (κ3) is 2.57. The number of fused-ring (bicyclic) bond motifs is 2. The van der Waals surface area contributed by atoms with Crippen molar-refractivity contribution in [2.24, 2.45) is 0 Å². The number of benzene rings is 2. The Bertz CT molecular complexity index is 960. The average Bonchev–Trinajstić information content (AvgIpc) is 3.26. The van der Waals surface area contributed by atoms with Crippen molar-refractivity contribution < 1.29 is 23.9 Å². The van der Waals surface area contributed by atoms with Crippen LogP contribution < -0.4 is 18.9 Å². The zero-order valence-electron chi connectivity index (χ0n) is 12.7. The highest BCUT2D eigenvalue weighted by Crippen LogP contribution is 2.40. The summed E-state index contributed by atoms with van der Waals surface area (Å²) in [5.74, 6) is 1.83. The first-order valence-electron chi connectivity index (χ1n) is 7.25. The molecule has 2 aromatic rings. The summed E-state index contributed by atoms with van der Waals surface area (Å²) >= 11 is 0. The molecule has 0 saturated carbocycles. The molecule has 2 aliphatic rings. The Labute approximate surface area is 141 Å². The van der Waals surface area contributed by atoms with Gasteiger partial charge in [-0.3, -0.25) is 10.1 Å². The van der Waals surface area contributed by atoms with Gasteiger partial charge in [-0.25, -0.2) is 0 Å². The first-order chi connectivity index (χ1) is 12.2. The Kier molecular flexibility index (Phi) is 3.40. The van der Waals surface area contributed by atoms with E-state index in [0.29, 0.717) is 28.6 Å². The summed E-state index contributed by atoms with van der Waals surface area (Å²) in [5.41, 5.74) is 0.903. The number of nitro groups is 1. The van der Waals surface area contributed by atoms with E-state index in [-0.39, 0.29) is 30.4 Å². The van der Waals surface area contributed by atoms with Crippen molar-refractivity contribution in [3.8, 4) is 29.1 Å². The van der Waals surface area contributed by atoms with Gasteiger partial charge in [0.25, 0.3) is 5.69 Å². The zero-order valence-corrected chi connectivity index (χ0v) is 12.7. The molecule has 0 radical (unpaired) electrons. The van der Waals surface area contributed by atoms with E-state index >= 15 is 0 Å². The van der Waals surface area contributed by atoms with Crippen LogP contribution in [-0.2, 0) is 0 Å². The standard InChI is InChI=1S/C17H10N2O6/c18-7-12(10-1-2-14-15(4-10)23-8-22-14)3-11-5-16-17(25-9-24-16)6-13(11)19(20)21/h1-6H,8-9H2/b12-3+. The molecule has 2 aromatic carbocycles. The number of hydrogen-bond acceptors (Lipinski definition) is 7. The quantitative estimate of drug-likeness (QED) is 0.366. The molecule has 2 aliphatic heterocycles. The largest absolute Gasteiger partial charge is 0.454 e. The van der Waals surface area contributed by atoms with E-state index in [0.717, 1.165) is 0 Å². The van der Waals surface area contributed by atoms with Crippen LogP contribution in [0.3, 0.4) is 0 Å². The topological polar surface area (TPSA) is 104 Å². The molecule has 8 heteroatoms. The second-order valence-corrected chi connectivity index (χ2v) is 5.26. The fourth-order valence-electron chi connectivity index (χ4n) is 2.62. The lowest BCUT2D eigenvalue weighted by molar-refractivity contribution is -0.385. The molecule has 0 N–H and O–H groups in total. The van der Waals surface area contributed by atoms with E-state index < -0.39 is 4.92 Å². The summed E-state index contributed by atoms with van der Waals surface area (Å²) in [6, 6.07) is 9.90. The van der Waals surface area contributed by atoms with E-state index in [2.05, 4.69) is 6.07 Å².